The normalized spacial score (nSPS) is 15.1. The zero-order chi connectivity index (χ0) is 24.7. The zero-order valence-electron chi connectivity index (χ0n) is 19.3. The van der Waals surface area contributed by atoms with Gasteiger partial charge in [-0.15, -0.1) is 11.3 Å². The smallest absolute Gasteiger partial charge is 0.337 e. The molecule has 1 aromatic carbocycles. The van der Waals surface area contributed by atoms with Crippen LogP contribution in [0.15, 0.2) is 74.9 Å². The van der Waals surface area contributed by atoms with Crippen LogP contribution in [0.4, 0.5) is 5.82 Å². The number of ether oxygens (including phenoxy) is 1. The van der Waals surface area contributed by atoms with Crippen molar-refractivity contribution in [2.45, 2.75) is 32.8 Å². The number of carbonyl (C=O) groups is 1. The second-order valence-corrected chi connectivity index (χ2v) is 9.39. The van der Waals surface area contributed by atoms with Gasteiger partial charge in [-0.05, 0) is 44.4 Å². The Morgan fingerprint density at radius 1 is 1.11 bits per heavy atom. The minimum absolute atomic E-state index is 0.219. The molecule has 178 valence electrons. The summed E-state index contributed by atoms with van der Waals surface area (Å²) in [7, 11) is 0. The molecular weight excluding hydrogens is 466 g/mol. The number of H-pyrrole nitrogens is 2. The van der Waals surface area contributed by atoms with Gasteiger partial charge in [-0.2, -0.15) is 5.10 Å². The van der Waals surface area contributed by atoms with Crippen LogP contribution in [0, 0.1) is 0 Å². The molecule has 4 heterocycles. The summed E-state index contributed by atoms with van der Waals surface area (Å²) in [5.74, 6) is -1.13. The largest absolute Gasteiger partial charge is 0.460 e. The number of nitrogens with zero attached hydrogens (tertiary/aromatic N) is 2. The van der Waals surface area contributed by atoms with Crippen molar-refractivity contribution in [2.24, 2.45) is 0 Å². The fraction of sp³-hybridized carbons (Fsp3) is 0.200. The second-order valence-electron chi connectivity index (χ2n) is 8.44. The summed E-state index contributed by atoms with van der Waals surface area (Å²) in [6, 6.07) is 13.4. The summed E-state index contributed by atoms with van der Waals surface area (Å²) in [6.45, 7) is 5.25. The first-order valence-electron chi connectivity index (χ1n) is 11.1. The minimum Gasteiger partial charge on any atom is -0.460 e. The number of hydrogen-bond donors (Lipinski definition) is 3. The van der Waals surface area contributed by atoms with Gasteiger partial charge in [0.1, 0.15) is 11.5 Å². The molecule has 9 nitrogen and oxygen atoms in total. The lowest BCUT2D eigenvalue weighted by atomic mass is 9.82. The SMILES string of the molecule is CC1=C(C(=O)OC(C)C)[C@@H](c2cn(-c3ccccc3)nc2-c2cccs2)c2c([nH]c(=O)[nH]c2=O)N1. The highest BCUT2D eigenvalue weighted by Crippen LogP contribution is 2.43. The van der Waals surface area contributed by atoms with Crippen molar-refractivity contribution in [3.05, 3.63) is 97.3 Å². The number of rotatable bonds is 5. The molecule has 0 saturated carbocycles. The third-order valence-electron chi connectivity index (χ3n) is 5.66. The first-order valence-corrected chi connectivity index (χ1v) is 12.0. The maximum atomic E-state index is 13.3. The van der Waals surface area contributed by atoms with E-state index in [4.69, 9.17) is 9.84 Å². The quantitative estimate of drug-likeness (QED) is 0.367. The van der Waals surface area contributed by atoms with Crippen molar-refractivity contribution >= 4 is 23.1 Å². The average Bonchev–Trinajstić information content (AvgIpc) is 3.48. The average molecular weight is 490 g/mol. The monoisotopic (exact) mass is 489 g/mol. The third-order valence-corrected chi connectivity index (χ3v) is 6.54. The molecule has 35 heavy (non-hydrogen) atoms. The van der Waals surface area contributed by atoms with Gasteiger partial charge < -0.3 is 10.1 Å². The lowest BCUT2D eigenvalue weighted by Crippen LogP contribution is -2.35. The summed E-state index contributed by atoms with van der Waals surface area (Å²) < 4.78 is 7.30. The van der Waals surface area contributed by atoms with Gasteiger partial charge in [0.15, 0.2) is 0 Å². The van der Waals surface area contributed by atoms with Gasteiger partial charge >= 0.3 is 11.7 Å². The summed E-state index contributed by atoms with van der Waals surface area (Å²) >= 11 is 1.50. The van der Waals surface area contributed by atoms with Gasteiger partial charge in [0.05, 0.1) is 33.7 Å². The van der Waals surface area contributed by atoms with Gasteiger partial charge in [0.25, 0.3) is 5.56 Å². The molecule has 0 fully saturated rings. The number of anilines is 1. The molecule has 0 unspecified atom stereocenters. The highest BCUT2D eigenvalue weighted by atomic mass is 32.1. The summed E-state index contributed by atoms with van der Waals surface area (Å²) in [5.41, 5.74) is 1.87. The molecular formula is C25H23N5O4S. The zero-order valence-corrected chi connectivity index (χ0v) is 20.1. The van der Waals surface area contributed by atoms with Crippen molar-refractivity contribution < 1.29 is 9.53 Å². The second kappa shape index (κ2) is 8.88. The number of esters is 1. The van der Waals surface area contributed by atoms with Gasteiger partial charge in [-0.25, -0.2) is 14.3 Å². The van der Waals surface area contributed by atoms with E-state index in [2.05, 4.69) is 15.3 Å². The van der Waals surface area contributed by atoms with E-state index >= 15 is 0 Å². The molecule has 4 aromatic rings. The Kier molecular flexibility index (Phi) is 5.73. The Labute approximate surface area is 204 Å². The maximum absolute atomic E-state index is 13.3. The number of allylic oxidation sites excluding steroid dienone is 1. The highest BCUT2D eigenvalue weighted by molar-refractivity contribution is 7.13. The van der Waals surface area contributed by atoms with Crippen molar-refractivity contribution in [3.63, 3.8) is 0 Å². The predicted octanol–water partition coefficient (Wildman–Crippen LogP) is 3.76. The fourth-order valence-corrected chi connectivity index (χ4v) is 4.99. The van der Waals surface area contributed by atoms with Crippen LogP contribution in [0.1, 0.15) is 37.8 Å². The molecule has 3 N–H and O–H groups in total. The van der Waals surface area contributed by atoms with E-state index in [1.165, 1.54) is 11.3 Å². The Bertz CT molecular complexity index is 1540. The molecule has 0 amide bonds. The van der Waals surface area contributed by atoms with Gasteiger partial charge in [0.2, 0.25) is 0 Å². The van der Waals surface area contributed by atoms with Crippen LogP contribution in [-0.4, -0.2) is 31.8 Å². The highest BCUT2D eigenvalue weighted by Gasteiger charge is 2.39. The number of fused-ring (bicyclic) bond motifs is 1. The van der Waals surface area contributed by atoms with E-state index in [1.807, 2.05) is 54.0 Å². The molecule has 1 aliphatic heterocycles. The molecule has 10 heteroatoms. The number of nitrogens with one attached hydrogen (secondary N) is 3. The lowest BCUT2D eigenvalue weighted by molar-refractivity contribution is -0.143. The van der Waals surface area contributed by atoms with Crippen LogP contribution in [0.5, 0.6) is 0 Å². The molecule has 3 aromatic heterocycles. The summed E-state index contributed by atoms with van der Waals surface area (Å²) in [6.07, 6.45) is 1.47. The number of thiophene rings is 1. The van der Waals surface area contributed by atoms with E-state index in [0.717, 1.165) is 10.6 Å². The first kappa shape index (κ1) is 22.6. The van der Waals surface area contributed by atoms with Crippen LogP contribution in [-0.2, 0) is 9.53 Å². The Morgan fingerprint density at radius 3 is 2.57 bits per heavy atom. The fourth-order valence-electron chi connectivity index (χ4n) is 4.26. The third kappa shape index (κ3) is 4.12. The molecule has 1 aliphatic rings. The number of benzene rings is 1. The Morgan fingerprint density at radius 2 is 1.89 bits per heavy atom. The summed E-state index contributed by atoms with van der Waals surface area (Å²) in [5, 5.41) is 9.80. The molecule has 0 radical (unpaired) electrons. The van der Waals surface area contributed by atoms with Crippen molar-refractivity contribution in [1.29, 1.82) is 0 Å². The van der Waals surface area contributed by atoms with Crippen molar-refractivity contribution in [2.75, 3.05) is 5.32 Å². The number of aromatic amines is 2. The standard InChI is InChI=1S/C25H23N5O4S/c1-13(2)34-24(32)18-14(3)26-22-20(23(31)28-25(33)27-22)19(18)16-12-30(15-8-5-4-6-9-15)29-21(16)17-10-7-11-35-17/h4-13,19H,1-3H3,(H3,26,27,28,31,33)/t19-/m1/s1. The molecule has 1 atom stereocenters. The predicted molar refractivity (Wildman–Crippen MR) is 134 cm³/mol. The van der Waals surface area contributed by atoms with Gasteiger partial charge in [-0.1, -0.05) is 24.3 Å². The topological polar surface area (TPSA) is 122 Å². The molecule has 0 bridgehead atoms. The van der Waals surface area contributed by atoms with E-state index in [9.17, 15) is 14.4 Å². The van der Waals surface area contributed by atoms with Crippen LogP contribution >= 0.6 is 11.3 Å². The van der Waals surface area contributed by atoms with Crippen LogP contribution in [0.25, 0.3) is 16.3 Å². The van der Waals surface area contributed by atoms with Crippen LogP contribution in [0.3, 0.4) is 0 Å². The van der Waals surface area contributed by atoms with E-state index in [-0.39, 0.29) is 23.1 Å². The van der Waals surface area contributed by atoms with Gasteiger partial charge in [0, 0.05) is 17.5 Å². The molecule has 5 rings (SSSR count). The summed E-state index contributed by atoms with van der Waals surface area (Å²) in [4.78, 5) is 44.3. The Balaban J connectivity index is 1.81. The van der Waals surface area contributed by atoms with E-state index in [0.29, 0.717) is 17.0 Å². The number of para-hydroxylation sites is 1. The first-order chi connectivity index (χ1) is 16.8. The molecule has 0 saturated heterocycles. The maximum Gasteiger partial charge on any atom is 0.337 e. The number of hydrogen-bond acceptors (Lipinski definition) is 7. The number of carbonyl (C=O) groups excluding carboxylic acids is 1. The van der Waals surface area contributed by atoms with Crippen LogP contribution in [0.2, 0.25) is 0 Å². The van der Waals surface area contributed by atoms with E-state index in [1.54, 1.807) is 25.5 Å². The Hall–Kier alpha value is -4.18. The van der Waals surface area contributed by atoms with Crippen molar-refractivity contribution in [1.82, 2.24) is 19.7 Å². The molecule has 0 spiro atoms. The van der Waals surface area contributed by atoms with Crippen LogP contribution < -0.4 is 16.6 Å². The molecule has 0 aliphatic carbocycles. The van der Waals surface area contributed by atoms with Gasteiger partial charge in [-0.3, -0.25) is 14.8 Å². The minimum atomic E-state index is -0.826. The van der Waals surface area contributed by atoms with E-state index < -0.39 is 23.1 Å². The number of aromatic nitrogens is 4. The van der Waals surface area contributed by atoms with Crippen molar-refractivity contribution in [3.8, 4) is 16.3 Å². The lowest BCUT2D eigenvalue weighted by Gasteiger charge is -2.28.